The predicted molar refractivity (Wildman–Crippen MR) is 203 cm³/mol. The maximum absolute atomic E-state index is 13.4. The lowest BCUT2D eigenvalue weighted by atomic mass is 9.75. The molecular weight excluding hydrogens is 646 g/mol. The monoisotopic (exact) mass is 683 g/mol. The number of phenolic OH excluding ortho intramolecular Hbond substituents is 1. The Bertz CT molecular complexity index is 2370. The van der Waals surface area contributed by atoms with Crippen molar-refractivity contribution >= 4 is 47.1 Å². The largest absolute Gasteiger partial charge is 0.505 e. The van der Waals surface area contributed by atoms with Crippen LogP contribution >= 0.6 is 9.24 Å². The fourth-order valence-corrected chi connectivity index (χ4v) is 8.61. The Labute approximate surface area is 290 Å². The minimum atomic E-state index is -1.39. The summed E-state index contributed by atoms with van der Waals surface area (Å²) in [6, 6.07) is 26.5. The van der Waals surface area contributed by atoms with E-state index < -0.39 is 16.3 Å². The maximum atomic E-state index is 13.4. The minimum absolute atomic E-state index is 0.00880. The van der Waals surface area contributed by atoms with E-state index in [9.17, 15) is 14.1 Å². The number of nitrogens with zero attached hydrogens (tertiary/aromatic N) is 2. The number of hydrogen-bond donors (Lipinski definition) is 2. The number of aromatic amines is 1. The average Bonchev–Trinajstić information content (AvgIpc) is 3.90. The normalized spacial score (nSPS) is 15.5. The SMILES string of the molecule is CCS(=O)c1cc(=O)c2cc(C3CC3)c(-c3c(C)c(P)cc4nn(C(C5=CCCC=C5)(c5ccccc5)c5ccccc5)cc34)c(O)c2[nH]1. The van der Waals surface area contributed by atoms with Gasteiger partial charge >= 0.3 is 0 Å². The van der Waals surface area contributed by atoms with Gasteiger partial charge < -0.3 is 10.1 Å². The second-order valence-corrected chi connectivity index (χ2v) is 15.4. The first-order valence-corrected chi connectivity index (χ1v) is 18.8. The van der Waals surface area contributed by atoms with E-state index in [4.69, 9.17) is 5.10 Å². The first-order chi connectivity index (χ1) is 23.8. The molecule has 2 aliphatic carbocycles. The summed E-state index contributed by atoms with van der Waals surface area (Å²) in [5.74, 6) is 0.603. The summed E-state index contributed by atoms with van der Waals surface area (Å²) in [4.78, 5) is 16.6. The Morgan fingerprint density at radius 2 is 1.67 bits per heavy atom. The minimum Gasteiger partial charge on any atom is -0.505 e. The molecule has 0 bridgehead atoms. The van der Waals surface area contributed by atoms with E-state index in [1.54, 1.807) is 0 Å². The average molecular weight is 684 g/mol. The highest BCUT2D eigenvalue weighted by Gasteiger charge is 2.41. The first kappa shape index (κ1) is 31.7. The summed E-state index contributed by atoms with van der Waals surface area (Å²) < 4.78 is 14.9. The van der Waals surface area contributed by atoms with Crippen molar-refractivity contribution < 1.29 is 9.32 Å². The van der Waals surface area contributed by atoms with Crippen molar-refractivity contribution in [2.24, 2.45) is 0 Å². The number of nitrogens with one attached hydrogen (secondary N) is 1. The zero-order valence-electron chi connectivity index (χ0n) is 27.6. The summed E-state index contributed by atoms with van der Waals surface area (Å²) in [5, 5.41) is 20.3. The molecule has 0 saturated heterocycles. The van der Waals surface area contributed by atoms with Gasteiger partial charge in [0.25, 0.3) is 0 Å². The van der Waals surface area contributed by atoms with Crippen LogP contribution in [0.5, 0.6) is 5.75 Å². The number of allylic oxidation sites excluding steroid dienone is 4. The van der Waals surface area contributed by atoms with E-state index in [1.165, 1.54) is 6.07 Å². The predicted octanol–water partition coefficient (Wildman–Crippen LogP) is 8.13. The number of hydrogen-bond acceptors (Lipinski definition) is 4. The van der Waals surface area contributed by atoms with Crippen LogP contribution in [0.25, 0.3) is 32.9 Å². The molecule has 0 aliphatic heterocycles. The van der Waals surface area contributed by atoms with Gasteiger partial charge in [0, 0.05) is 39.9 Å². The molecule has 2 unspecified atom stereocenters. The molecule has 6 aromatic rings. The van der Waals surface area contributed by atoms with Crippen LogP contribution in [-0.2, 0) is 16.3 Å². The molecule has 246 valence electrons. The number of fused-ring (bicyclic) bond motifs is 2. The van der Waals surface area contributed by atoms with Crippen LogP contribution in [0.3, 0.4) is 0 Å². The molecule has 0 amide bonds. The molecule has 1 fully saturated rings. The summed E-state index contributed by atoms with van der Waals surface area (Å²) in [7, 11) is 1.48. The van der Waals surface area contributed by atoms with Gasteiger partial charge in [-0.2, -0.15) is 5.10 Å². The molecule has 4 aromatic carbocycles. The summed E-state index contributed by atoms with van der Waals surface area (Å²) in [6.45, 7) is 3.89. The third-order valence-electron chi connectivity index (χ3n) is 10.1. The van der Waals surface area contributed by atoms with Gasteiger partial charge in [-0.15, -0.1) is 9.24 Å². The van der Waals surface area contributed by atoms with Crippen LogP contribution < -0.4 is 10.7 Å². The molecule has 2 atom stereocenters. The molecule has 8 rings (SSSR count). The van der Waals surface area contributed by atoms with Gasteiger partial charge in [0.1, 0.15) is 16.3 Å². The molecular formula is C41H38N3O3PS. The number of aromatic nitrogens is 3. The van der Waals surface area contributed by atoms with Crippen LogP contribution in [-0.4, -0.2) is 29.8 Å². The van der Waals surface area contributed by atoms with Crippen molar-refractivity contribution in [3.8, 4) is 16.9 Å². The lowest BCUT2D eigenvalue weighted by Crippen LogP contribution is -2.38. The van der Waals surface area contributed by atoms with Crippen molar-refractivity contribution in [2.75, 3.05) is 5.75 Å². The summed E-state index contributed by atoms with van der Waals surface area (Å²) in [6.07, 6.45) is 12.8. The highest BCUT2D eigenvalue weighted by molar-refractivity contribution is 7.84. The van der Waals surface area contributed by atoms with Crippen molar-refractivity contribution in [2.45, 2.75) is 56.0 Å². The van der Waals surface area contributed by atoms with Crippen LogP contribution in [0.2, 0.25) is 0 Å². The van der Waals surface area contributed by atoms with Crippen molar-refractivity contribution in [3.05, 3.63) is 141 Å². The molecule has 2 aromatic heterocycles. The van der Waals surface area contributed by atoms with Crippen molar-refractivity contribution in [1.82, 2.24) is 14.8 Å². The zero-order valence-corrected chi connectivity index (χ0v) is 29.5. The lowest BCUT2D eigenvalue weighted by molar-refractivity contribution is 0.460. The molecule has 0 spiro atoms. The standard InChI is InChI=1S/C41H38N3O3PS/c1-3-49(47)36-23-34(45)31-21-30(26-19-20-26)38(40(46)39(31)42-36)37-25(2)35(48)22-33-32(37)24-44(43-33)41(27-13-7-4-8-14-27,28-15-9-5-10-16-28)29-17-11-6-12-18-29/h4-5,7-11,13-18,21-24,26,46H,3,6,12,19-20,48H2,1-2H3,(H,42,45). The fourth-order valence-electron chi connectivity index (χ4n) is 7.54. The Balaban J connectivity index is 1.48. The Morgan fingerprint density at radius 1 is 0.980 bits per heavy atom. The van der Waals surface area contributed by atoms with Crippen LogP contribution in [0, 0.1) is 6.92 Å². The highest BCUT2D eigenvalue weighted by Crippen LogP contribution is 2.52. The number of aromatic hydroxyl groups is 1. The van der Waals surface area contributed by atoms with Gasteiger partial charge in [0.15, 0.2) is 5.43 Å². The van der Waals surface area contributed by atoms with Crippen molar-refractivity contribution in [3.63, 3.8) is 0 Å². The molecule has 8 heteroatoms. The molecule has 6 nitrogen and oxygen atoms in total. The molecule has 1 saturated carbocycles. The molecule has 2 heterocycles. The van der Waals surface area contributed by atoms with Crippen LogP contribution in [0.4, 0.5) is 0 Å². The Hall–Kier alpha value is -4.58. The Morgan fingerprint density at radius 3 is 2.29 bits per heavy atom. The number of phenols is 1. The summed E-state index contributed by atoms with van der Waals surface area (Å²) >= 11 is 0. The van der Waals surface area contributed by atoms with Crippen molar-refractivity contribution in [1.29, 1.82) is 0 Å². The third kappa shape index (κ3) is 5.14. The number of benzene rings is 4. The van der Waals surface area contributed by atoms with E-state index in [2.05, 4.69) is 105 Å². The molecule has 2 N–H and O–H groups in total. The van der Waals surface area contributed by atoms with Gasteiger partial charge in [0.2, 0.25) is 0 Å². The van der Waals surface area contributed by atoms with E-state index in [0.717, 1.165) is 75.3 Å². The lowest BCUT2D eigenvalue weighted by Gasteiger charge is -2.38. The summed E-state index contributed by atoms with van der Waals surface area (Å²) in [5.41, 5.74) is 7.02. The van der Waals surface area contributed by atoms with E-state index in [1.807, 2.05) is 25.1 Å². The topological polar surface area (TPSA) is 88.0 Å². The van der Waals surface area contributed by atoms with Gasteiger partial charge in [-0.05, 0) is 83.8 Å². The zero-order chi connectivity index (χ0) is 33.9. The highest BCUT2D eigenvalue weighted by atomic mass is 32.2. The molecule has 49 heavy (non-hydrogen) atoms. The quantitative estimate of drug-likeness (QED) is 0.159. The number of pyridine rings is 1. The number of H-pyrrole nitrogens is 1. The van der Waals surface area contributed by atoms with Gasteiger partial charge in [-0.25, -0.2) is 0 Å². The fraction of sp³-hybridized carbons (Fsp3) is 0.220. The van der Waals surface area contributed by atoms with Gasteiger partial charge in [-0.1, -0.05) is 85.8 Å². The third-order valence-corrected chi connectivity index (χ3v) is 12.0. The first-order valence-electron chi connectivity index (χ1n) is 16.9. The molecule has 0 radical (unpaired) electrons. The maximum Gasteiger partial charge on any atom is 0.190 e. The molecule has 2 aliphatic rings. The Kier molecular flexibility index (Phi) is 8.01. The van der Waals surface area contributed by atoms with Gasteiger partial charge in [0.05, 0.1) is 21.8 Å². The van der Waals surface area contributed by atoms with E-state index >= 15 is 0 Å². The van der Waals surface area contributed by atoms with E-state index in [0.29, 0.717) is 27.2 Å². The van der Waals surface area contributed by atoms with Crippen LogP contribution in [0.1, 0.15) is 60.8 Å². The van der Waals surface area contributed by atoms with E-state index in [-0.39, 0.29) is 17.1 Å². The smallest absolute Gasteiger partial charge is 0.190 e. The van der Waals surface area contributed by atoms with Crippen LogP contribution in [0.15, 0.2) is 119 Å². The second kappa shape index (κ2) is 12.4. The second-order valence-electron chi connectivity index (χ2n) is 13.1. The number of rotatable bonds is 8. The van der Waals surface area contributed by atoms with Gasteiger partial charge in [-0.3, -0.25) is 13.7 Å².